The van der Waals surface area contributed by atoms with Gasteiger partial charge in [-0.15, -0.1) is 0 Å². The van der Waals surface area contributed by atoms with Crippen LogP contribution in [0, 0.1) is 0 Å². The van der Waals surface area contributed by atoms with Crippen molar-refractivity contribution in [1.29, 1.82) is 0 Å². The lowest BCUT2D eigenvalue weighted by atomic mass is 10.1. The molecule has 2 aliphatic rings. The Bertz CT molecular complexity index is 790. The molecule has 0 aromatic heterocycles. The molecule has 10 heteroatoms. The zero-order valence-electron chi connectivity index (χ0n) is 18.1. The summed E-state index contributed by atoms with van der Waals surface area (Å²) in [6.45, 7) is 2.26. The number of carbonyl (C=O) groups is 3. The SMILES string of the molecule is COc1cc(C(=O)NCC(=O)N2CCN(C(=O)C3CCCO3)CC2)cc(OC)c1OC. The van der Waals surface area contributed by atoms with Gasteiger partial charge in [-0.2, -0.15) is 0 Å². The van der Waals surface area contributed by atoms with Crippen LogP contribution in [0.25, 0.3) is 0 Å². The van der Waals surface area contributed by atoms with Crippen LogP contribution in [0.3, 0.4) is 0 Å². The zero-order chi connectivity index (χ0) is 22.4. The second kappa shape index (κ2) is 10.3. The maximum atomic E-state index is 12.6. The molecule has 1 atom stereocenters. The topological polar surface area (TPSA) is 107 Å². The first-order valence-corrected chi connectivity index (χ1v) is 10.2. The van der Waals surface area contributed by atoms with Crippen LogP contribution >= 0.6 is 0 Å². The largest absolute Gasteiger partial charge is 0.493 e. The molecule has 2 aliphatic heterocycles. The predicted molar refractivity (Wildman–Crippen MR) is 111 cm³/mol. The number of piperazine rings is 1. The van der Waals surface area contributed by atoms with Crippen LogP contribution < -0.4 is 19.5 Å². The Labute approximate surface area is 181 Å². The van der Waals surface area contributed by atoms with Gasteiger partial charge in [0.2, 0.25) is 11.7 Å². The van der Waals surface area contributed by atoms with E-state index in [1.54, 1.807) is 9.80 Å². The average molecular weight is 435 g/mol. The van der Waals surface area contributed by atoms with E-state index >= 15 is 0 Å². The highest BCUT2D eigenvalue weighted by atomic mass is 16.5. The van der Waals surface area contributed by atoms with Gasteiger partial charge in [0.1, 0.15) is 6.10 Å². The number of methoxy groups -OCH3 is 3. The number of rotatable bonds is 7. The molecule has 2 heterocycles. The smallest absolute Gasteiger partial charge is 0.251 e. The maximum absolute atomic E-state index is 12.6. The molecule has 3 amide bonds. The lowest BCUT2D eigenvalue weighted by Crippen LogP contribution is -2.54. The quantitative estimate of drug-likeness (QED) is 0.656. The highest BCUT2D eigenvalue weighted by molar-refractivity contribution is 5.97. The third-order valence-corrected chi connectivity index (χ3v) is 5.48. The van der Waals surface area contributed by atoms with E-state index in [1.165, 1.54) is 33.5 Å². The Morgan fingerprint density at radius 2 is 1.61 bits per heavy atom. The Hall–Kier alpha value is -3.01. The lowest BCUT2D eigenvalue weighted by Gasteiger charge is -2.35. The molecule has 0 saturated carbocycles. The summed E-state index contributed by atoms with van der Waals surface area (Å²) in [5.74, 6) is 0.453. The average Bonchev–Trinajstić information content (AvgIpc) is 3.35. The van der Waals surface area contributed by atoms with Gasteiger partial charge in [0, 0.05) is 38.3 Å². The summed E-state index contributed by atoms with van der Waals surface area (Å²) in [6, 6.07) is 3.05. The molecule has 0 bridgehead atoms. The van der Waals surface area contributed by atoms with Crippen molar-refractivity contribution in [3.05, 3.63) is 17.7 Å². The van der Waals surface area contributed by atoms with Crippen LogP contribution in [0.5, 0.6) is 17.2 Å². The molecule has 1 aromatic carbocycles. The van der Waals surface area contributed by atoms with E-state index in [0.717, 1.165) is 12.8 Å². The van der Waals surface area contributed by atoms with Crippen LogP contribution in [0.2, 0.25) is 0 Å². The van der Waals surface area contributed by atoms with E-state index in [1.807, 2.05) is 0 Å². The highest BCUT2D eigenvalue weighted by Gasteiger charge is 2.31. The minimum Gasteiger partial charge on any atom is -0.493 e. The van der Waals surface area contributed by atoms with Gasteiger partial charge >= 0.3 is 0 Å². The van der Waals surface area contributed by atoms with Gasteiger partial charge in [-0.1, -0.05) is 0 Å². The van der Waals surface area contributed by atoms with Crippen molar-refractivity contribution in [2.75, 3.05) is 60.7 Å². The number of benzene rings is 1. The van der Waals surface area contributed by atoms with Crippen molar-refractivity contribution in [3.63, 3.8) is 0 Å². The monoisotopic (exact) mass is 435 g/mol. The van der Waals surface area contributed by atoms with E-state index in [0.29, 0.717) is 50.0 Å². The van der Waals surface area contributed by atoms with Gasteiger partial charge in [0.05, 0.1) is 27.9 Å². The van der Waals surface area contributed by atoms with Crippen molar-refractivity contribution in [2.45, 2.75) is 18.9 Å². The third-order valence-electron chi connectivity index (χ3n) is 5.48. The summed E-state index contributed by atoms with van der Waals surface area (Å²) in [4.78, 5) is 40.9. The summed E-state index contributed by atoms with van der Waals surface area (Å²) in [5.41, 5.74) is 0.286. The van der Waals surface area contributed by atoms with E-state index in [4.69, 9.17) is 18.9 Å². The highest BCUT2D eigenvalue weighted by Crippen LogP contribution is 2.38. The molecule has 0 spiro atoms. The molecule has 1 N–H and O–H groups in total. The second-order valence-electron chi connectivity index (χ2n) is 7.30. The molecule has 0 radical (unpaired) electrons. The second-order valence-corrected chi connectivity index (χ2v) is 7.30. The van der Waals surface area contributed by atoms with Crippen LogP contribution in [-0.4, -0.2) is 94.3 Å². The van der Waals surface area contributed by atoms with Gasteiger partial charge in [-0.3, -0.25) is 14.4 Å². The van der Waals surface area contributed by atoms with E-state index in [-0.39, 0.29) is 30.0 Å². The number of hydrogen-bond acceptors (Lipinski definition) is 7. The fourth-order valence-electron chi connectivity index (χ4n) is 3.73. The Balaban J connectivity index is 1.52. The normalized spacial score (nSPS) is 18.5. The zero-order valence-corrected chi connectivity index (χ0v) is 18.1. The molecule has 2 fully saturated rings. The van der Waals surface area contributed by atoms with E-state index < -0.39 is 5.91 Å². The first-order valence-electron chi connectivity index (χ1n) is 10.2. The number of hydrogen-bond donors (Lipinski definition) is 1. The van der Waals surface area contributed by atoms with Crippen molar-refractivity contribution in [2.24, 2.45) is 0 Å². The molecule has 0 aliphatic carbocycles. The van der Waals surface area contributed by atoms with Gasteiger partial charge in [-0.25, -0.2) is 0 Å². The summed E-state index contributed by atoms with van der Waals surface area (Å²) in [6.07, 6.45) is 1.31. The van der Waals surface area contributed by atoms with E-state index in [9.17, 15) is 14.4 Å². The number of nitrogens with one attached hydrogen (secondary N) is 1. The predicted octanol–water partition coefficient (Wildman–Crippen LogP) is 0.292. The number of amides is 3. The molecular formula is C21H29N3O7. The molecule has 10 nitrogen and oxygen atoms in total. The Morgan fingerprint density at radius 3 is 2.13 bits per heavy atom. The molecule has 170 valence electrons. The lowest BCUT2D eigenvalue weighted by molar-refractivity contribution is -0.145. The molecular weight excluding hydrogens is 406 g/mol. The van der Waals surface area contributed by atoms with Gasteiger partial charge < -0.3 is 34.1 Å². The Morgan fingerprint density at radius 1 is 1.00 bits per heavy atom. The van der Waals surface area contributed by atoms with E-state index in [2.05, 4.69) is 5.32 Å². The van der Waals surface area contributed by atoms with Gasteiger partial charge in [0.15, 0.2) is 11.5 Å². The third kappa shape index (κ3) is 5.19. The van der Waals surface area contributed by atoms with Crippen molar-refractivity contribution in [1.82, 2.24) is 15.1 Å². The minimum atomic E-state index is -0.431. The minimum absolute atomic E-state index is 0.000280. The first-order chi connectivity index (χ1) is 15.0. The van der Waals surface area contributed by atoms with Crippen molar-refractivity contribution in [3.8, 4) is 17.2 Å². The number of ether oxygens (including phenoxy) is 4. The first kappa shape index (κ1) is 22.7. The molecule has 31 heavy (non-hydrogen) atoms. The molecule has 3 rings (SSSR count). The fraction of sp³-hybridized carbons (Fsp3) is 0.571. The number of nitrogens with zero attached hydrogens (tertiary/aromatic N) is 2. The van der Waals surface area contributed by atoms with Gasteiger partial charge in [-0.05, 0) is 25.0 Å². The fourth-order valence-corrected chi connectivity index (χ4v) is 3.73. The summed E-state index contributed by atoms with van der Waals surface area (Å²) < 4.78 is 21.2. The molecule has 2 saturated heterocycles. The summed E-state index contributed by atoms with van der Waals surface area (Å²) in [5, 5.41) is 2.63. The van der Waals surface area contributed by atoms with Crippen LogP contribution in [0.4, 0.5) is 0 Å². The van der Waals surface area contributed by atoms with Crippen LogP contribution in [0.1, 0.15) is 23.2 Å². The molecule has 1 aromatic rings. The van der Waals surface area contributed by atoms with Crippen molar-refractivity contribution >= 4 is 17.7 Å². The maximum Gasteiger partial charge on any atom is 0.251 e. The van der Waals surface area contributed by atoms with Crippen molar-refractivity contribution < 1.29 is 33.3 Å². The van der Waals surface area contributed by atoms with Crippen LogP contribution in [0.15, 0.2) is 12.1 Å². The standard InChI is InChI=1S/C21H29N3O7/c1-28-16-11-14(12-17(29-2)19(16)30-3)20(26)22-13-18(25)23-6-8-24(9-7-23)21(27)15-5-4-10-31-15/h11-12,15H,4-10,13H2,1-3H3,(H,22,26). The summed E-state index contributed by atoms with van der Waals surface area (Å²) >= 11 is 0. The van der Waals surface area contributed by atoms with Gasteiger partial charge in [0.25, 0.3) is 11.8 Å². The molecule has 1 unspecified atom stereocenters. The van der Waals surface area contributed by atoms with Crippen LogP contribution in [-0.2, 0) is 14.3 Å². The Kier molecular flexibility index (Phi) is 7.56. The summed E-state index contributed by atoms with van der Waals surface area (Å²) in [7, 11) is 4.41. The number of carbonyl (C=O) groups excluding carboxylic acids is 3.